The van der Waals surface area contributed by atoms with Crippen molar-refractivity contribution in [3.63, 3.8) is 0 Å². The van der Waals surface area contributed by atoms with Gasteiger partial charge in [0.15, 0.2) is 5.76 Å². The summed E-state index contributed by atoms with van der Waals surface area (Å²) in [4.78, 5) is 0.998. The van der Waals surface area contributed by atoms with E-state index in [1.165, 1.54) is 19.3 Å². The zero-order valence-corrected chi connectivity index (χ0v) is 13.8. The van der Waals surface area contributed by atoms with E-state index in [1.54, 1.807) is 23.5 Å². The van der Waals surface area contributed by atoms with Gasteiger partial charge in [0.25, 0.3) is 0 Å². The number of piperidine rings is 1. The van der Waals surface area contributed by atoms with Crippen LogP contribution in [0.15, 0.2) is 34.1 Å². The number of benzene rings is 1. The van der Waals surface area contributed by atoms with Crippen molar-refractivity contribution in [1.29, 1.82) is 0 Å². The monoisotopic (exact) mass is 359 g/mol. The van der Waals surface area contributed by atoms with Gasteiger partial charge in [-0.1, -0.05) is 0 Å². The second-order valence-corrected chi connectivity index (χ2v) is 6.67. The van der Waals surface area contributed by atoms with Gasteiger partial charge in [-0.25, -0.2) is 8.42 Å². The molecule has 1 saturated heterocycles. The quantitative estimate of drug-likeness (QED) is 0.455. The van der Waals surface area contributed by atoms with Crippen molar-refractivity contribution in [2.24, 2.45) is 0 Å². The van der Waals surface area contributed by atoms with Crippen LogP contribution in [0.5, 0.6) is 5.75 Å². The number of rotatable bonds is 1. The molecule has 3 rings (SSSR count). The van der Waals surface area contributed by atoms with Crippen LogP contribution >= 0.6 is 11.3 Å². The van der Waals surface area contributed by atoms with Crippen LogP contribution in [0.2, 0.25) is 0 Å². The molecule has 0 spiro atoms. The molecular formula is C14H17NO6S2. The predicted molar refractivity (Wildman–Crippen MR) is 84.9 cm³/mol. The van der Waals surface area contributed by atoms with Gasteiger partial charge in [0.2, 0.25) is 10.4 Å². The molecule has 9 heteroatoms. The summed E-state index contributed by atoms with van der Waals surface area (Å²) in [5, 5.41) is 11.3. The molecule has 2 aromatic rings. The fraction of sp³-hybridized carbons (Fsp3) is 0.357. The molecule has 0 bridgehead atoms. The SMILES string of the molecule is O=S(=O)([O-])O.Oc1ccc(-c2csc(=[N+]3CCCCC3)o2)cc1. The Morgan fingerprint density at radius 3 is 2.26 bits per heavy atom. The van der Waals surface area contributed by atoms with Gasteiger partial charge in [0.1, 0.15) is 18.8 Å². The average Bonchev–Trinajstić information content (AvgIpc) is 2.97. The molecule has 0 atom stereocenters. The zero-order chi connectivity index (χ0) is 16.9. The minimum absolute atomic E-state index is 0.283. The van der Waals surface area contributed by atoms with E-state index in [1.807, 2.05) is 17.5 Å². The highest BCUT2D eigenvalue weighted by Crippen LogP contribution is 2.21. The smallest absolute Gasteiger partial charge is 0.430 e. The van der Waals surface area contributed by atoms with E-state index < -0.39 is 10.4 Å². The first-order chi connectivity index (χ1) is 10.8. The van der Waals surface area contributed by atoms with Crippen molar-refractivity contribution in [2.45, 2.75) is 19.3 Å². The molecule has 0 unspecified atom stereocenters. The number of aromatic hydroxyl groups is 1. The van der Waals surface area contributed by atoms with Gasteiger partial charge >= 0.3 is 4.87 Å². The van der Waals surface area contributed by atoms with Crippen LogP contribution in [0.1, 0.15) is 19.3 Å². The van der Waals surface area contributed by atoms with Gasteiger partial charge in [-0.3, -0.25) is 4.55 Å². The second kappa shape index (κ2) is 7.73. The summed E-state index contributed by atoms with van der Waals surface area (Å²) in [6.45, 7) is 2.19. The standard InChI is InChI=1S/C14H15NO2S.H2O4S/c16-12-6-4-11(5-7-12)13-10-18-14(17-13)15-8-2-1-3-9-15;1-5(2,3)4/h4-7,10H,1-3,8-9H2;(H2,1,2,3,4). The normalized spacial score (nSPS) is 15.0. The van der Waals surface area contributed by atoms with Crippen molar-refractivity contribution in [2.75, 3.05) is 13.1 Å². The molecule has 1 fully saturated rings. The summed E-state index contributed by atoms with van der Waals surface area (Å²) in [6, 6.07) is 7.12. The van der Waals surface area contributed by atoms with Crippen LogP contribution in [0.25, 0.3) is 11.3 Å². The summed E-state index contributed by atoms with van der Waals surface area (Å²) in [5.74, 6) is 1.16. The first kappa shape index (κ1) is 17.7. The van der Waals surface area contributed by atoms with Crippen molar-refractivity contribution in [3.05, 3.63) is 34.5 Å². The molecule has 2 N–H and O–H groups in total. The Hall–Kier alpha value is -1.68. The molecule has 0 saturated carbocycles. The van der Waals surface area contributed by atoms with Gasteiger partial charge in [-0.2, -0.15) is 4.58 Å². The van der Waals surface area contributed by atoms with E-state index in [4.69, 9.17) is 21.9 Å². The van der Waals surface area contributed by atoms with Gasteiger partial charge in [-0.15, -0.1) is 0 Å². The number of hydrogen-bond acceptors (Lipinski definition) is 6. The van der Waals surface area contributed by atoms with Gasteiger partial charge in [-0.05, 0) is 42.0 Å². The minimum atomic E-state index is -4.92. The Kier molecular flexibility index (Phi) is 5.94. The predicted octanol–water partition coefficient (Wildman–Crippen LogP) is 1.67. The lowest BCUT2D eigenvalue weighted by Gasteiger charge is -2.06. The van der Waals surface area contributed by atoms with Crippen LogP contribution in [0, 0.1) is 0 Å². The van der Waals surface area contributed by atoms with Crippen molar-refractivity contribution in [3.8, 4) is 17.1 Å². The molecule has 23 heavy (non-hydrogen) atoms. The van der Waals surface area contributed by atoms with E-state index in [2.05, 4.69) is 4.58 Å². The second-order valence-electron chi connectivity index (χ2n) is 4.99. The third-order valence-electron chi connectivity index (χ3n) is 3.23. The number of hydrogen-bond donors (Lipinski definition) is 2. The molecule has 1 aromatic carbocycles. The Morgan fingerprint density at radius 2 is 1.70 bits per heavy atom. The maximum Gasteiger partial charge on any atom is 0.430 e. The summed E-state index contributed by atoms with van der Waals surface area (Å²) >= 11 is 1.65. The third kappa shape index (κ3) is 6.14. The average molecular weight is 359 g/mol. The van der Waals surface area contributed by atoms with Gasteiger partial charge in [0.05, 0.1) is 0 Å². The third-order valence-corrected chi connectivity index (χ3v) is 4.11. The van der Waals surface area contributed by atoms with Crippen LogP contribution < -0.4 is 9.44 Å². The van der Waals surface area contributed by atoms with Crippen molar-refractivity contribution < 1.29 is 27.0 Å². The highest BCUT2D eigenvalue weighted by atomic mass is 32.3. The van der Waals surface area contributed by atoms with E-state index in [0.29, 0.717) is 0 Å². The summed E-state index contributed by atoms with van der Waals surface area (Å²) in [5.41, 5.74) is 1.01. The fourth-order valence-corrected chi connectivity index (χ4v) is 3.08. The largest absolute Gasteiger partial charge is 0.726 e. The number of phenolic OH excluding ortho intramolecular Hbond substituents is 1. The van der Waals surface area contributed by atoms with Gasteiger partial charge in [0, 0.05) is 23.8 Å². The first-order valence-electron chi connectivity index (χ1n) is 6.97. The lowest BCUT2D eigenvalue weighted by Crippen LogP contribution is -2.32. The van der Waals surface area contributed by atoms with Gasteiger partial charge < -0.3 is 14.1 Å². The van der Waals surface area contributed by atoms with Crippen molar-refractivity contribution in [1.82, 2.24) is 4.58 Å². The van der Waals surface area contributed by atoms with E-state index in [0.717, 1.165) is 29.3 Å². The highest BCUT2D eigenvalue weighted by Gasteiger charge is 2.15. The summed E-state index contributed by atoms with van der Waals surface area (Å²) in [6.07, 6.45) is 3.83. The van der Waals surface area contributed by atoms with E-state index in [-0.39, 0.29) is 5.75 Å². The molecule has 0 radical (unpaired) electrons. The van der Waals surface area contributed by atoms with Crippen LogP contribution in [0.4, 0.5) is 0 Å². The lowest BCUT2D eigenvalue weighted by atomic mass is 10.2. The Labute approximate surface area is 137 Å². The summed E-state index contributed by atoms with van der Waals surface area (Å²) in [7, 11) is -4.92. The van der Waals surface area contributed by atoms with E-state index >= 15 is 0 Å². The van der Waals surface area contributed by atoms with Crippen LogP contribution in [-0.2, 0) is 10.4 Å². The number of nitrogens with zero attached hydrogens (tertiary/aromatic N) is 1. The Bertz CT molecular complexity index is 788. The molecule has 7 nitrogen and oxygen atoms in total. The minimum Gasteiger partial charge on any atom is -0.726 e. The molecule has 1 aromatic heterocycles. The van der Waals surface area contributed by atoms with Crippen molar-refractivity contribution >= 4 is 21.7 Å². The van der Waals surface area contributed by atoms with Crippen LogP contribution in [-0.4, -0.2) is 35.7 Å². The molecule has 126 valence electrons. The molecule has 1 aliphatic rings. The molecule has 1 aliphatic heterocycles. The Balaban J connectivity index is 0.000000338. The maximum absolute atomic E-state index is 9.28. The van der Waals surface area contributed by atoms with E-state index in [9.17, 15) is 5.11 Å². The molecule has 0 amide bonds. The summed E-state index contributed by atoms with van der Waals surface area (Å²) < 4.78 is 41.1. The van der Waals surface area contributed by atoms with Crippen LogP contribution in [0.3, 0.4) is 0 Å². The number of phenols is 1. The maximum atomic E-state index is 9.28. The highest BCUT2D eigenvalue weighted by molar-refractivity contribution is 7.79. The topological polar surface area (TPSA) is 114 Å². The molecular weight excluding hydrogens is 342 g/mol. The molecule has 2 heterocycles. The first-order valence-corrected chi connectivity index (χ1v) is 9.22. The molecule has 0 aliphatic carbocycles. The lowest BCUT2D eigenvalue weighted by molar-refractivity contribution is 0.366. The zero-order valence-electron chi connectivity index (χ0n) is 12.2. The Morgan fingerprint density at radius 1 is 1.13 bits per heavy atom. The fourth-order valence-electron chi connectivity index (χ4n) is 2.21.